The number of halogens is 1. The van der Waals surface area contributed by atoms with E-state index in [-0.39, 0.29) is 4.90 Å². The largest absolute Gasteiger partial charge is 0.496 e. The van der Waals surface area contributed by atoms with E-state index in [1.807, 2.05) is 0 Å². The second kappa shape index (κ2) is 4.76. The Labute approximate surface area is 112 Å². The summed E-state index contributed by atoms with van der Waals surface area (Å²) in [5, 5.41) is 0. The Hall–Kier alpha value is -1.14. The second-order valence-electron chi connectivity index (χ2n) is 5.12. The fourth-order valence-corrected chi connectivity index (χ4v) is 3.39. The van der Waals surface area contributed by atoms with Crippen molar-refractivity contribution in [2.45, 2.75) is 36.1 Å². The maximum Gasteiger partial charge on any atom is 0.178 e. The smallest absolute Gasteiger partial charge is 0.178 e. The molecular weight excluding hydrogens is 269 g/mol. The van der Waals surface area contributed by atoms with Crippen molar-refractivity contribution in [2.75, 3.05) is 13.4 Å². The molecule has 1 fully saturated rings. The zero-order valence-corrected chi connectivity index (χ0v) is 11.9. The maximum atomic E-state index is 14.0. The van der Waals surface area contributed by atoms with Gasteiger partial charge >= 0.3 is 0 Å². The third-order valence-corrected chi connectivity index (χ3v) is 4.80. The fraction of sp³-hybridized carbons (Fsp3) is 0.538. The number of benzene rings is 1. The predicted molar refractivity (Wildman–Crippen MR) is 70.4 cm³/mol. The Morgan fingerprint density at radius 1 is 1.32 bits per heavy atom. The number of sulfone groups is 1. The van der Waals surface area contributed by atoms with Crippen LogP contribution in [0.25, 0.3) is 0 Å². The van der Waals surface area contributed by atoms with Gasteiger partial charge in [-0.2, -0.15) is 0 Å². The van der Waals surface area contributed by atoms with Crippen LogP contribution in [0.5, 0.6) is 5.75 Å². The summed E-state index contributed by atoms with van der Waals surface area (Å²) < 4.78 is 42.2. The van der Waals surface area contributed by atoms with Gasteiger partial charge in [-0.15, -0.1) is 0 Å². The van der Waals surface area contributed by atoms with Crippen LogP contribution in [0, 0.1) is 5.82 Å². The zero-order chi connectivity index (χ0) is 14.3. The van der Waals surface area contributed by atoms with Crippen LogP contribution in [0.1, 0.15) is 31.2 Å². The lowest BCUT2D eigenvalue weighted by Gasteiger charge is -2.26. The minimum atomic E-state index is -3.62. The van der Waals surface area contributed by atoms with Crippen LogP contribution in [-0.2, 0) is 15.4 Å². The molecule has 19 heavy (non-hydrogen) atoms. The van der Waals surface area contributed by atoms with Gasteiger partial charge in [0, 0.05) is 23.4 Å². The van der Waals surface area contributed by atoms with Gasteiger partial charge in [-0.25, -0.2) is 12.8 Å². The SMILES string of the molecule is COc1cc(S(C)(=O)=O)c(F)cc1C1(N)CCCC1. The molecule has 0 unspecified atom stereocenters. The Kier molecular flexibility index (Phi) is 3.57. The minimum Gasteiger partial charge on any atom is -0.496 e. The lowest BCUT2D eigenvalue weighted by Crippen LogP contribution is -2.33. The molecule has 0 bridgehead atoms. The molecule has 106 valence electrons. The number of ether oxygens (including phenoxy) is 1. The van der Waals surface area contributed by atoms with Crippen molar-refractivity contribution in [3.63, 3.8) is 0 Å². The first-order chi connectivity index (χ1) is 8.78. The Balaban J connectivity index is 2.61. The molecule has 0 aliphatic heterocycles. The van der Waals surface area contributed by atoms with Gasteiger partial charge in [0.05, 0.1) is 7.11 Å². The van der Waals surface area contributed by atoms with E-state index in [9.17, 15) is 12.8 Å². The first kappa shape index (κ1) is 14.3. The molecule has 2 N–H and O–H groups in total. The van der Waals surface area contributed by atoms with Crippen LogP contribution >= 0.6 is 0 Å². The molecule has 1 aliphatic rings. The van der Waals surface area contributed by atoms with Crippen molar-refractivity contribution < 1.29 is 17.5 Å². The van der Waals surface area contributed by atoms with E-state index in [1.54, 1.807) is 0 Å². The molecule has 1 aromatic rings. The van der Waals surface area contributed by atoms with Gasteiger partial charge in [0.1, 0.15) is 16.5 Å². The molecule has 0 atom stereocenters. The van der Waals surface area contributed by atoms with E-state index in [0.29, 0.717) is 11.3 Å². The normalized spacial score (nSPS) is 18.5. The summed E-state index contributed by atoms with van der Waals surface area (Å²) in [5.74, 6) is -0.429. The molecule has 4 nitrogen and oxygen atoms in total. The van der Waals surface area contributed by atoms with Crippen LogP contribution in [0.3, 0.4) is 0 Å². The molecule has 0 heterocycles. The molecule has 1 saturated carbocycles. The third kappa shape index (κ3) is 2.60. The van der Waals surface area contributed by atoms with Crippen LogP contribution in [0.4, 0.5) is 4.39 Å². The lowest BCUT2D eigenvalue weighted by atomic mass is 9.88. The zero-order valence-electron chi connectivity index (χ0n) is 11.1. The molecule has 0 spiro atoms. The highest BCUT2D eigenvalue weighted by atomic mass is 32.2. The van der Waals surface area contributed by atoms with E-state index in [0.717, 1.165) is 31.9 Å². The molecule has 0 aromatic heterocycles. The molecule has 0 radical (unpaired) electrons. The van der Waals surface area contributed by atoms with Gasteiger partial charge in [0.2, 0.25) is 0 Å². The summed E-state index contributed by atoms with van der Waals surface area (Å²) in [7, 11) is -2.19. The van der Waals surface area contributed by atoms with Crippen LogP contribution < -0.4 is 10.5 Å². The first-order valence-electron chi connectivity index (χ1n) is 6.15. The van der Waals surface area contributed by atoms with Crippen molar-refractivity contribution in [2.24, 2.45) is 5.73 Å². The summed E-state index contributed by atoms with van der Waals surface area (Å²) in [5.41, 5.74) is 6.22. The monoisotopic (exact) mass is 287 g/mol. The average Bonchev–Trinajstić information content (AvgIpc) is 2.75. The van der Waals surface area contributed by atoms with E-state index in [1.165, 1.54) is 19.2 Å². The van der Waals surface area contributed by atoms with E-state index >= 15 is 0 Å². The van der Waals surface area contributed by atoms with E-state index in [2.05, 4.69) is 0 Å². The van der Waals surface area contributed by atoms with Gasteiger partial charge < -0.3 is 10.5 Å². The average molecular weight is 287 g/mol. The Morgan fingerprint density at radius 2 is 1.89 bits per heavy atom. The topological polar surface area (TPSA) is 69.4 Å². The highest BCUT2D eigenvalue weighted by Gasteiger charge is 2.35. The van der Waals surface area contributed by atoms with Crippen LogP contribution in [0.15, 0.2) is 17.0 Å². The first-order valence-corrected chi connectivity index (χ1v) is 8.04. The van der Waals surface area contributed by atoms with Crippen molar-refractivity contribution in [1.29, 1.82) is 0 Å². The lowest BCUT2D eigenvalue weighted by molar-refractivity contribution is 0.374. The predicted octanol–water partition coefficient (Wildman–Crippen LogP) is 1.97. The molecular formula is C13H18FNO3S. The third-order valence-electron chi connectivity index (χ3n) is 3.69. The van der Waals surface area contributed by atoms with Gasteiger partial charge in [-0.3, -0.25) is 0 Å². The van der Waals surface area contributed by atoms with Gasteiger partial charge in [0.15, 0.2) is 9.84 Å². The van der Waals surface area contributed by atoms with E-state index in [4.69, 9.17) is 10.5 Å². The molecule has 0 amide bonds. The Morgan fingerprint density at radius 3 is 2.37 bits per heavy atom. The summed E-state index contributed by atoms with van der Waals surface area (Å²) in [6.07, 6.45) is 4.44. The van der Waals surface area contributed by atoms with Gasteiger partial charge in [0.25, 0.3) is 0 Å². The van der Waals surface area contributed by atoms with Crippen molar-refractivity contribution in [3.05, 3.63) is 23.5 Å². The summed E-state index contributed by atoms with van der Waals surface area (Å²) >= 11 is 0. The fourth-order valence-electron chi connectivity index (χ4n) is 2.65. The molecule has 2 rings (SSSR count). The molecule has 0 saturated heterocycles. The highest BCUT2D eigenvalue weighted by molar-refractivity contribution is 7.90. The number of methoxy groups -OCH3 is 1. The summed E-state index contributed by atoms with van der Waals surface area (Å²) in [4.78, 5) is -0.352. The minimum absolute atomic E-state index is 0.339. The summed E-state index contributed by atoms with van der Waals surface area (Å²) in [6.45, 7) is 0. The van der Waals surface area contributed by atoms with E-state index < -0.39 is 21.2 Å². The van der Waals surface area contributed by atoms with Crippen molar-refractivity contribution in [3.8, 4) is 5.75 Å². The van der Waals surface area contributed by atoms with Crippen LogP contribution in [-0.4, -0.2) is 21.8 Å². The summed E-state index contributed by atoms with van der Waals surface area (Å²) in [6, 6.07) is 2.44. The maximum absolute atomic E-state index is 14.0. The number of hydrogen-bond donors (Lipinski definition) is 1. The van der Waals surface area contributed by atoms with Gasteiger partial charge in [-0.05, 0) is 18.9 Å². The number of hydrogen-bond acceptors (Lipinski definition) is 4. The quantitative estimate of drug-likeness (QED) is 0.922. The van der Waals surface area contributed by atoms with Crippen LogP contribution in [0.2, 0.25) is 0 Å². The van der Waals surface area contributed by atoms with Crippen molar-refractivity contribution in [1.82, 2.24) is 0 Å². The number of rotatable bonds is 3. The molecule has 1 aromatic carbocycles. The Bertz CT molecular complexity index is 592. The second-order valence-corrected chi connectivity index (χ2v) is 7.10. The van der Waals surface area contributed by atoms with Gasteiger partial charge in [-0.1, -0.05) is 12.8 Å². The molecule has 1 aliphatic carbocycles. The van der Waals surface area contributed by atoms with Crippen molar-refractivity contribution >= 4 is 9.84 Å². The molecule has 6 heteroatoms. The highest BCUT2D eigenvalue weighted by Crippen LogP contribution is 2.41. The number of nitrogens with two attached hydrogens (primary N) is 1. The standard InChI is InChI=1S/C13H18FNO3S/c1-18-11-8-12(19(2,16)17)10(14)7-9(11)13(15)5-3-4-6-13/h7-8H,3-6,15H2,1-2H3.